The van der Waals surface area contributed by atoms with Crippen LogP contribution in [0.2, 0.25) is 0 Å². The fourth-order valence-electron chi connectivity index (χ4n) is 2.08. The van der Waals surface area contributed by atoms with Gasteiger partial charge in [-0.25, -0.2) is 4.79 Å². The van der Waals surface area contributed by atoms with Crippen LogP contribution in [0.1, 0.15) is 48.0 Å². The Balaban J connectivity index is 2.79. The smallest absolute Gasteiger partial charge is 0.410 e. The molecule has 1 saturated heterocycles. The molecule has 5 nitrogen and oxygen atoms in total. The van der Waals surface area contributed by atoms with Gasteiger partial charge in [-0.1, -0.05) is 20.8 Å². The zero-order valence-electron chi connectivity index (χ0n) is 13.3. The van der Waals surface area contributed by atoms with E-state index in [1.807, 2.05) is 0 Å². The van der Waals surface area contributed by atoms with Gasteiger partial charge >= 0.3 is 6.09 Å². The maximum atomic E-state index is 12.3. The molecule has 5 heteroatoms. The molecule has 0 spiro atoms. The van der Waals surface area contributed by atoms with Crippen LogP contribution in [-0.4, -0.2) is 41.3 Å². The van der Waals surface area contributed by atoms with E-state index in [4.69, 9.17) is 4.74 Å². The molecule has 1 aliphatic rings. The first-order valence-corrected chi connectivity index (χ1v) is 6.97. The van der Waals surface area contributed by atoms with Crippen molar-refractivity contribution in [1.29, 1.82) is 0 Å². The normalized spacial score (nSPS) is 20.8. The number of amides is 1. The summed E-state index contributed by atoms with van der Waals surface area (Å²) in [6, 6.07) is 0. The van der Waals surface area contributed by atoms with Gasteiger partial charge in [0.25, 0.3) is 0 Å². The molecule has 0 aromatic heterocycles. The second-order valence-corrected chi connectivity index (χ2v) is 7.31. The molecule has 1 unspecified atom stereocenters. The molecule has 0 bridgehead atoms. The summed E-state index contributed by atoms with van der Waals surface area (Å²) >= 11 is 0. The first kappa shape index (κ1) is 16.7. The number of nitrogens with zero attached hydrogens (tertiary/aromatic N) is 1. The summed E-state index contributed by atoms with van der Waals surface area (Å²) in [5, 5.41) is 0. The standard InChI is InChI=1S/C15H25NO4/c1-14(2,3)12(18)10-9-16(8-7-11(10)17)13(19)20-15(4,5)6/h10H,7-9H2,1-6H3. The van der Waals surface area contributed by atoms with Crippen LogP contribution in [0.25, 0.3) is 0 Å². The monoisotopic (exact) mass is 283 g/mol. The van der Waals surface area contributed by atoms with Crippen molar-refractivity contribution in [3.05, 3.63) is 0 Å². The maximum Gasteiger partial charge on any atom is 0.410 e. The quantitative estimate of drug-likeness (QED) is 0.693. The molecule has 0 aromatic rings. The number of rotatable bonds is 1. The summed E-state index contributed by atoms with van der Waals surface area (Å²) in [4.78, 5) is 37.7. The topological polar surface area (TPSA) is 63.7 Å². The molecule has 0 saturated carbocycles. The van der Waals surface area contributed by atoms with Crippen molar-refractivity contribution in [2.75, 3.05) is 13.1 Å². The third-order valence-electron chi connectivity index (χ3n) is 3.13. The van der Waals surface area contributed by atoms with Gasteiger partial charge in [0.2, 0.25) is 0 Å². The molecule has 1 amide bonds. The Hall–Kier alpha value is -1.39. The van der Waals surface area contributed by atoms with E-state index in [2.05, 4.69) is 0 Å². The maximum absolute atomic E-state index is 12.3. The van der Waals surface area contributed by atoms with E-state index in [0.29, 0.717) is 6.54 Å². The number of ketones is 2. The van der Waals surface area contributed by atoms with Crippen molar-refractivity contribution in [1.82, 2.24) is 4.90 Å². The molecule has 1 heterocycles. The van der Waals surface area contributed by atoms with Crippen LogP contribution in [0.5, 0.6) is 0 Å². The predicted octanol–water partition coefficient (Wildman–Crippen LogP) is 2.43. The highest BCUT2D eigenvalue weighted by molar-refractivity contribution is 6.05. The van der Waals surface area contributed by atoms with Crippen LogP contribution in [0.4, 0.5) is 4.79 Å². The van der Waals surface area contributed by atoms with Gasteiger partial charge in [0.15, 0.2) is 0 Å². The number of piperidine rings is 1. The lowest BCUT2D eigenvalue weighted by Crippen LogP contribution is -2.50. The molecule has 1 aliphatic heterocycles. The third kappa shape index (κ3) is 4.32. The van der Waals surface area contributed by atoms with E-state index in [-0.39, 0.29) is 24.5 Å². The van der Waals surface area contributed by atoms with Gasteiger partial charge in [0.1, 0.15) is 17.2 Å². The predicted molar refractivity (Wildman–Crippen MR) is 75.4 cm³/mol. The Kier molecular flexibility index (Phi) is 4.62. The van der Waals surface area contributed by atoms with Gasteiger partial charge in [-0.15, -0.1) is 0 Å². The second-order valence-electron chi connectivity index (χ2n) is 7.31. The lowest BCUT2D eigenvalue weighted by atomic mass is 9.79. The van der Waals surface area contributed by atoms with Gasteiger partial charge < -0.3 is 9.64 Å². The Morgan fingerprint density at radius 2 is 1.70 bits per heavy atom. The van der Waals surface area contributed by atoms with Gasteiger partial charge in [0.05, 0.1) is 5.92 Å². The Bertz CT molecular complexity index is 415. The number of hydrogen-bond acceptors (Lipinski definition) is 4. The zero-order chi connectivity index (χ0) is 15.7. The molecule has 0 aliphatic carbocycles. The Morgan fingerprint density at radius 3 is 2.15 bits per heavy atom. The van der Waals surface area contributed by atoms with Crippen LogP contribution < -0.4 is 0 Å². The van der Waals surface area contributed by atoms with E-state index in [0.717, 1.165) is 0 Å². The van der Waals surface area contributed by atoms with Crippen molar-refractivity contribution in [2.45, 2.75) is 53.6 Å². The second kappa shape index (κ2) is 5.54. The molecular weight excluding hydrogens is 258 g/mol. The minimum atomic E-state index is -0.726. The number of hydrogen-bond donors (Lipinski definition) is 0. The Labute approximate surface area is 120 Å². The minimum Gasteiger partial charge on any atom is -0.444 e. The molecule has 0 radical (unpaired) electrons. The fourth-order valence-corrected chi connectivity index (χ4v) is 2.08. The van der Waals surface area contributed by atoms with Crippen molar-refractivity contribution in [3.63, 3.8) is 0 Å². The number of Topliss-reactive ketones (excluding diaryl/α,β-unsaturated/α-hetero) is 2. The highest BCUT2D eigenvalue weighted by Gasteiger charge is 2.40. The summed E-state index contributed by atoms with van der Waals surface area (Å²) in [7, 11) is 0. The number of carbonyl (C=O) groups excluding carboxylic acids is 3. The van der Waals surface area contributed by atoms with Crippen LogP contribution >= 0.6 is 0 Å². The molecular formula is C15H25NO4. The van der Waals surface area contributed by atoms with Crippen LogP contribution in [0, 0.1) is 11.3 Å². The zero-order valence-corrected chi connectivity index (χ0v) is 13.3. The summed E-state index contributed by atoms with van der Waals surface area (Å²) < 4.78 is 5.29. The first-order valence-electron chi connectivity index (χ1n) is 6.97. The summed E-state index contributed by atoms with van der Waals surface area (Å²) in [5.74, 6) is -0.920. The van der Waals surface area contributed by atoms with E-state index >= 15 is 0 Å². The molecule has 114 valence electrons. The first-order chi connectivity index (χ1) is 8.92. The fraction of sp³-hybridized carbons (Fsp3) is 0.800. The van der Waals surface area contributed by atoms with Crippen LogP contribution in [0.15, 0.2) is 0 Å². The highest BCUT2D eigenvalue weighted by atomic mass is 16.6. The molecule has 0 N–H and O–H groups in total. The van der Waals surface area contributed by atoms with Gasteiger partial charge in [-0.05, 0) is 20.8 Å². The van der Waals surface area contributed by atoms with Gasteiger partial charge in [-0.2, -0.15) is 0 Å². The highest BCUT2D eigenvalue weighted by Crippen LogP contribution is 2.25. The van der Waals surface area contributed by atoms with Crippen molar-refractivity contribution < 1.29 is 19.1 Å². The summed E-state index contributed by atoms with van der Waals surface area (Å²) in [5.41, 5.74) is -1.17. The van der Waals surface area contributed by atoms with Gasteiger partial charge in [0, 0.05) is 24.9 Å². The largest absolute Gasteiger partial charge is 0.444 e. The number of carbonyl (C=O) groups is 3. The summed E-state index contributed by atoms with van der Waals surface area (Å²) in [6.07, 6.45) is -0.247. The number of ether oxygens (including phenoxy) is 1. The summed E-state index contributed by atoms with van der Waals surface area (Å²) in [6.45, 7) is 11.2. The molecule has 1 atom stereocenters. The average molecular weight is 283 g/mol. The molecule has 1 rings (SSSR count). The van der Waals surface area contributed by atoms with Crippen LogP contribution in [0.3, 0.4) is 0 Å². The Morgan fingerprint density at radius 1 is 1.15 bits per heavy atom. The average Bonchev–Trinajstić information content (AvgIpc) is 2.25. The van der Waals surface area contributed by atoms with Crippen molar-refractivity contribution in [2.24, 2.45) is 11.3 Å². The molecule has 20 heavy (non-hydrogen) atoms. The minimum absolute atomic E-state index is 0.0790. The van der Waals surface area contributed by atoms with E-state index < -0.39 is 23.0 Å². The molecule has 1 fully saturated rings. The van der Waals surface area contributed by atoms with Crippen LogP contribution in [-0.2, 0) is 14.3 Å². The lowest BCUT2D eigenvalue weighted by Gasteiger charge is -2.34. The van der Waals surface area contributed by atoms with E-state index in [9.17, 15) is 14.4 Å². The third-order valence-corrected chi connectivity index (χ3v) is 3.13. The van der Waals surface area contributed by atoms with Crippen molar-refractivity contribution >= 4 is 17.7 Å². The van der Waals surface area contributed by atoms with E-state index in [1.165, 1.54) is 4.90 Å². The SMILES string of the molecule is CC(C)(C)OC(=O)N1CCC(=O)C(C(=O)C(C)(C)C)C1. The number of likely N-dealkylation sites (tertiary alicyclic amines) is 1. The molecule has 0 aromatic carbocycles. The lowest BCUT2D eigenvalue weighted by molar-refractivity contribution is -0.140. The van der Waals surface area contributed by atoms with E-state index in [1.54, 1.807) is 41.5 Å². The van der Waals surface area contributed by atoms with Crippen molar-refractivity contribution in [3.8, 4) is 0 Å². The van der Waals surface area contributed by atoms with Gasteiger partial charge in [-0.3, -0.25) is 9.59 Å².